The van der Waals surface area contributed by atoms with Gasteiger partial charge in [-0.25, -0.2) is 0 Å². The number of hydrogen-bond donors (Lipinski definition) is 1. The summed E-state index contributed by atoms with van der Waals surface area (Å²) in [6.07, 6.45) is 7.56. The van der Waals surface area contributed by atoms with E-state index in [0.29, 0.717) is 29.2 Å². The van der Waals surface area contributed by atoms with Gasteiger partial charge in [0.2, 0.25) is 0 Å². The van der Waals surface area contributed by atoms with E-state index in [2.05, 4.69) is 28.2 Å². The second-order valence-corrected chi connectivity index (χ2v) is 8.97. The van der Waals surface area contributed by atoms with Crippen molar-refractivity contribution in [1.82, 2.24) is 4.90 Å². The summed E-state index contributed by atoms with van der Waals surface area (Å²) in [5.41, 5.74) is 1.46. The number of nitrogens with one attached hydrogen (secondary N) is 1. The molecule has 0 aromatic heterocycles. The minimum absolute atomic E-state index is 0.0588. The van der Waals surface area contributed by atoms with Crippen molar-refractivity contribution in [1.29, 1.82) is 0 Å². The molecule has 0 heterocycles. The number of unbranched alkanes of at least 4 members (excludes halogenated alkanes) is 1. The van der Waals surface area contributed by atoms with Crippen molar-refractivity contribution in [3.63, 3.8) is 0 Å². The molecule has 0 spiro atoms. The molecule has 1 aliphatic rings. The lowest BCUT2D eigenvalue weighted by molar-refractivity contribution is 0.0697. The number of hydrogen-bond acceptors (Lipinski definition) is 3. The number of rotatable bonds is 8. The number of ether oxygens (including phenoxy) is 1. The molecule has 3 rings (SSSR count). The third kappa shape index (κ3) is 6.10. The van der Waals surface area contributed by atoms with Crippen molar-refractivity contribution >= 4 is 33.4 Å². The number of amides is 2. The van der Waals surface area contributed by atoms with Gasteiger partial charge in [0.05, 0.1) is 23.4 Å². The fraction of sp³-hybridized carbons (Fsp3) is 0.440. The second-order valence-electron chi connectivity index (χ2n) is 8.05. The van der Waals surface area contributed by atoms with Crippen molar-refractivity contribution in [2.24, 2.45) is 0 Å². The molecule has 2 aromatic carbocycles. The maximum Gasteiger partial charge on any atom is 0.259 e. The smallest absolute Gasteiger partial charge is 0.259 e. The van der Waals surface area contributed by atoms with Gasteiger partial charge in [0.1, 0.15) is 5.75 Å². The average Bonchev–Trinajstić information content (AvgIpc) is 2.80. The summed E-state index contributed by atoms with van der Waals surface area (Å²) < 4.78 is 6.62. The van der Waals surface area contributed by atoms with E-state index >= 15 is 0 Å². The van der Waals surface area contributed by atoms with Crippen LogP contribution in [0.5, 0.6) is 5.75 Å². The molecule has 0 atom stereocenters. The Morgan fingerprint density at radius 1 is 1.10 bits per heavy atom. The van der Waals surface area contributed by atoms with Gasteiger partial charge >= 0.3 is 0 Å². The molecule has 1 fully saturated rings. The molecule has 2 amide bonds. The summed E-state index contributed by atoms with van der Waals surface area (Å²) in [6, 6.07) is 12.9. The first-order chi connectivity index (χ1) is 15.0. The van der Waals surface area contributed by atoms with Crippen LogP contribution >= 0.6 is 15.9 Å². The molecular weight excluding hydrogens is 456 g/mol. The monoisotopic (exact) mass is 486 g/mol. The molecule has 0 saturated heterocycles. The van der Waals surface area contributed by atoms with E-state index in [1.165, 1.54) is 6.42 Å². The molecular formula is C25H31BrN2O3. The third-order valence-electron chi connectivity index (χ3n) is 5.79. The van der Waals surface area contributed by atoms with Gasteiger partial charge < -0.3 is 15.0 Å². The van der Waals surface area contributed by atoms with Crippen molar-refractivity contribution in [2.45, 2.75) is 57.9 Å². The highest BCUT2D eigenvalue weighted by atomic mass is 79.9. The topological polar surface area (TPSA) is 58.6 Å². The van der Waals surface area contributed by atoms with Crippen LogP contribution in [0.4, 0.5) is 5.69 Å². The van der Waals surface area contributed by atoms with Crippen LogP contribution in [0.25, 0.3) is 0 Å². The normalized spacial score (nSPS) is 14.2. The van der Waals surface area contributed by atoms with Gasteiger partial charge in [-0.1, -0.05) is 60.7 Å². The second kappa shape index (κ2) is 11.3. The average molecular weight is 487 g/mol. The molecule has 5 nitrogen and oxygen atoms in total. The highest BCUT2D eigenvalue weighted by molar-refractivity contribution is 9.10. The Balaban J connectivity index is 1.80. The van der Waals surface area contributed by atoms with E-state index in [-0.39, 0.29) is 17.9 Å². The first-order valence-electron chi connectivity index (χ1n) is 11.1. The van der Waals surface area contributed by atoms with Crippen LogP contribution in [0.1, 0.15) is 72.6 Å². The third-order valence-corrected chi connectivity index (χ3v) is 6.28. The Bertz CT molecular complexity index is 909. The Morgan fingerprint density at radius 2 is 1.84 bits per heavy atom. The Morgan fingerprint density at radius 3 is 2.58 bits per heavy atom. The fourth-order valence-corrected chi connectivity index (χ4v) is 4.29. The van der Waals surface area contributed by atoms with Crippen LogP contribution in [0.3, 0.4) is 0 Å². The molecule has 6 heteroatoms. The van der Waals surface area contributed by atoms with E-state index in [0.717, 1.165) is 43.0 Å². The molecule has 166 valence electrons. The first-order valence-corrected chi connectivity index (χ1v) is 11.9. The van der Waals surface area contributed by atoms with Crippen LogP contribution in [-0.4, -0.2) is 36.4 Å². The van der Waals surface area contributed by atoms with Gasteiger partial charge in [-0.05, 0) is 49.6 Å². The molecule has 0 unspecified atom stereocenters. The Kier molecular flexibility index (Phi) is 8.52. The minimum Gasteiger partial charge on any atom is -0.493 e. The maximum atomic E-state index is 13.2. The quantitative estimate of drug-likeness (QED) is 0.446. The van der Waals surface area contributed by atoms with E-state index in [1.54, 1.807) is 24.3 Å². The van der Waals surface area contributed by atoms with Crippen LogP contribution in [-0.2, 0) is 0 Å². The van der Waals surface area contributed by atoms with Gasteiger partial charge in [0, 0.05) is 17.6 Å². The molecule has 0 radical (unpaired) electrons. The van der Waals surface area contributed by atoms with Gasteiger partial charge in [-0.3, -0.25) is 9.59 Å². The zero-order valence-corrected chi connectivity index (χ0v) is 19.9. The predicted molar refractivity (Wildman–Crippen MR) is 128 cm³/mol. The van der Waals surface area contributed by atoms with E-state index in [4.69, 9.17) is 4.74 Å². The van der Waals surface area contributed by atoms with E-state index < -0.39 is 0 Å². The number of nitrogens with zero attached hydrogens (tertiary/aromatic N) is 1. The number of carbonyl (C=O) groups is 2. The molecule has 1 aliphatic carbocycles. The summed E-state index contributed by atoms with van der Waals surface area (Å²) >= 11 is 3.44. The van der Waals surface area contributed by atoms with Crippen LogP contribution in [0.15, 0.2) is 46.9 Å². The number of halogens is 1. The molecule has 1 N–H and O–H groups in total. The van der Waals surface area contributed by atoms with E-state index in [9.17, 15) is 9.59 Å². The summed E-state index contributed by atoms with van der Waals surface area (Å²) in [4.78, 5) is 28.2. The van der Waals surface area contributed by atoms with Crippen molar-refractivity contribution < 1.29 is 14.3 Å². The summed E-state index contributed by atoms with van der Waals surface area (Å²) in [5.74, 6) is 0.183. The van der Waals surface area contributed by atoms with Crippen LogP contribution < -0.4 is 10.1 Å². The van der Waals surface area contributed by atoms with Gasteiger partial charge in [0.25, 0.3) is 11.8 Å². The molecule has 31 heavy (non-hydrogen) atoms. The van der Waals surface area contributed by atoms with Crippen molar-refractivity contribution in [2.75, 3.05) is 19.0 Å². The van der Waals surface area contributed by atoms with E-state index in [1.807, 2.05) is 30.1 Å². The van der Waals surface area contributed by atoms with Gasteiger partial charge in [0.15, 0.2) is 0 Å². The van der Waals surface area contributed by atoms with Crippen molar-refractivity contribution in [3.05, 3.63) is 58.1 Å². The molecule has 1 saturated carbocycles. The minimum atomic E-state index is -0.298. The molecule has 0 bridgehead atoms. The number of anilines is 1. The summed E-state index contributed by atoms with van der Waals surface area (Å²) in [6.45, 7) is 2.65. The standard InChI is InChI=1S/C25H31BrN2O3/c1-3-4-16-31-23-15-14-18(26)17-21(23)24(29)27-22-13-9-8-12-20(22)25(30)28(2)19-10-6-5-7-11-19/h8-9,12-15,17,19H,3-7,10-11,16H2,1-2H3,(H,27,29). The fourth-order valence-electron chi connectivity index (χ4n) is 3.92. The number of benzene rings is 2. The Labute approximate surface area is 193 Å². The predicted octanol–water partition coefficient (Wildman–Crippen LogP) is 6.29. The largest absolute Gasteiger partial charge is 0.493 e. The van der Waals surface area contributed by atoms with Crippen molar-refractivity contribution in [3.8, 4) is 5.75 Å². The highest BCUT2D eigenvalue weighted by Crippen LogP contribution is 2.27. The maximum absolute atomic E-state index is 13.2. The lowest BCUT2D eigenvalue weighted by Gasteiger charge is -2.31. The lowest BCUT2D eigenvalue weighted by Crippen LogP contribution is -2.38. The zero-order valence-electron chi connectivity index (χ0n) is 18.3. The molecule has 2 aromatic rings. The Hall–Kier alpha value is -2.34. The number of para-hydroxylation sites is 1. The highest BCUT2D eigenvalue weighted by Gasteiger charge is 2.25. The SMILES string of the molecule is CCCCOc1ccc(Br)cc1C(=O)Nc1ccccc1C(=O)N(C)C1CCCCC1. The summed E-state index contributed by atoms with van der Waals surface area (Å²) in [5, 5.41) is 2.94. The number of carbonyl (C=O) groups excluding carboxylic acids is 2. The first kappa shape index (κ1) is 23.3. The van der Waals surface area contributed by atoms with Gasteiger partial charge in [-0.2, -0.15) is 0 Å². The van der Waals surface area contributed by atoms with Gasteiger partial charge in [-0.15, -0.1) is 0 Å². The van der Waals surface area contributed by atoms with Crippen LogP contribution in [0.2, 0.25) is 0 Å². The summed E-state index contributed by atoms with van der Waals surface area (Å²) in [7, 11) is 1.87. The molecule has 0 aliphatic heterocycles. The van der Waals surface area contributed by atoms with Crippen LogP contribution in [0, 0.1) is 0 Å². The lowest BCUT2D eigenvalue weighted by atomic mass is 9.94. The zero-order chi connectivity index (χ0) is 22.2.